The number of nitrogens with zero attached hydrogens (tertiary/aromatic N) is 2. The SMILES string of the molecule is CC(=O)Nc1ccc(NC(=O)c2cnc(NCc3cccc(C)c3)nc2)cc1. The van der Waals surface area contributed by atoms with E-state index in [0.29, 0.717) is 29.4 Å². The van der Waals surface area contributed by atoms with Crippen LogP contribution in [0.1, 0.15) is 28.4 Å². The number of nitrogens with one attached hydrogen (secondary N) is 3. The molecule has 0 radical (unpaired) electrons. The second kappa shape index (κ2) is 8.77. The first kappa shape index (κ1) is 19.0. The average Bonchev–Trinajstić information content (AvgIpc) is 2.68. The van der Waals surface area contributed by atoms with Gasteiger partial charge in [-0.15, -0.1) is 0 Å². The van der Waals surface area contributed by atoms with Crippen molar-refractivity contribution >= 4 is 29.1 Å². The van der Waals surface area contributed by atoms with E-state index >= 15 is 0 Å². The first-order chi connectivity index (χ1) is 13.5. The molecule has 0 saturated carbocycles. The third-order valence-electron chi connectivity index (χ3n) is 3.91. The molecule has 1 heterocycles. The summed E-state index contributed by atoms with van der Waals surface area (Å²) in [5.41, 5.74) is 3.95. The smallest absolute Gasteiger partial charge is 0.258 e. The van der Waals surface area contributed by atoms with Crippen molar-refractivity contribution in [1.82, 2.24) is 9.97 Å². The summed E-state index contributed by atoms with van der Waals surface area (Å²) < 4.78 is 0. The van der Waals surface area contributed by atoms with Crippen molar-refractivity contribution in [1.29, 1.82) is 0 Å². The van der Waals surface area contributed by atoms with Crippen LogP contribution in [0.2, 0.25) is 0 Å². The Labute approximate surface area is 163 Å². The molecule has 2 aromatic carbocycles. The van der Waals surface area contributed by atoms with Crippen LogP contribution in [0.25, 0.3) is 0 Å². The monoisotopic (exact) mass is 375 g/mol. The molecular formula is C21H21N5O2. The van der Waals surface area contributed by atoms with Gasteiger partial charge in [-0.3, -0.25) is 9.59 Å². The van der Waals surface area contributed by atoms with E-state index in [1.165, 1.54) is 24.9 Å². The van der Waals surface area contributed by atoms with Crippen LogP contribution in [-0.2, 0) is 11.3 Å². The fraction of sp³-hybridized carbons (Fsp3) is 0.143. The van der Waals surface area contributed by atoms with Crippen LogP contribution < -0.4 is 16.0 Å². The predicted molar refractivity (Wildman–Crippen MR) is 109 cm³/mol. The van der Waals surface area contributed by atoms with Gasteiger partial charge in [-0.2, -0.15) is 0 Å². The summed E-state index contributed by atoms with van der Waals surface area (Å²) >= 11 is 0. The van der Waals surface area contributed by atoms with E-state index in [1.54, 1.807) is 24.3 Å². The molecule has 0 unspecified atom stereocenters. The highest BCUT2D eigenvalue weighted by Gasteiger charge is 2.08. The second-order valence-corrected chi connectivity index (χ2v) is 6.35. The summed E-state index contributed by atoms with van der Waals surface area (Å²) in [4.78, 5) is 31.7. The van der Waals surface area contributed by atoms with Gasteiger partial charge in [0.2, 0.25) is 11.9 Å². The molecule has 0 spiro atoms. The summed E-state index contributed by atoms with van der Waals surface area (Å²) in [6.45, 7) is 4.09. The lowest BCUT2D eigenvalue weighted by molar-refractivity contribution is -0.114. The number of anilines is 3. The van der Waals surface area contributed by atoms with Gasteiger partial charge in [0, 0.05) is 37.2 Å². The van der Waals surface area contributed by atoms with Gasteiger partial charge in [-0.1, -0.05) is 29.8 Å². The van der Waals surface area contributed by atoms with Gasteiger partial charge in [-0.25, -0.2) is 9.97 Å². The third-order valence-corrected chi connectivity index (χ3v) is 3.91. The van der Waals surface area contributed by atoms with Crippen molar-refractivity contribution in [2.24, 2.45) is 0 Å². The average molecular weight is 375 g/mol. The zero-order valence-corrected chi connectivity index (χ0v) is 15.7. The zero-order chi connectivity index (χ0) is 19.9. The molecule has 3 aromatic rings. The molecule has 7 nitrogen and oxygen atoms in total. The summed E-state index contributed by atoms with van der Waals surface area (Å²) in [6.07, 6.45) is 2.96. The van der Waals surface area contributed by atoms with Gasteiger partial charge in [0.1, 0.15) is 0 Å². The molecule has 1 aromatic heterocycles. The second-order valence-electron chi connectivity index (χ2n) is 6.35. The minimum atomic E-state index is -0.308. The van der Waals surface area contributed by atoms with Gasteiger partial charge in [-0.05, 0) is 36.8 Å². The van der Waals surface area contributed by atoms with Crippen molar-refractivity contribution in [2.45, 2.75) is 20.4 Å². The number of hydrogen-bond acceptors (Lipinski definition) is 5. The summed E-state index contributed by atoms with van der Waals surface area (Å²) in [5.74, 6) is 0.000241. The summed E-state index contributed by atoms with van der Waals surface area (Å²) in [5, 5.41) is 8.58. The van der Waals surface area contributed by atoms with Gasteiger partial charge in [0.05, 0.1) is 5.56 Å². The highest BCUT2D eigenvalue weighted by Crippen LogP contribution is 2.15. The minimum Gasteiger partial charge on any atom is -0.350 e. The fourth-order valence-corrected chi connectivity index (χ4v) is 2.58. The zero-order valence-electron chi connectivity index (χ0n) is 15.7. The molecule has 0 fully saturated rings. The Hall–Kier alpha value is -3.74. The van der Waals surface area contributed by atoms with E-state index in [2.05, 4.69) is 32.0 Å². The molecule has 0 bridgehead atoms. The topological polar surface area (TPSA) is 96.0 Å². The van der Waals surface area contributed by atoms with Gasteiger partial charge >= 0.3 is 0 Å². The maximum absolute atomic E-state index is 12.3. The number of hydrogen-bond donors (Lipinski definition) is 3. The van der Waals surface area contributed by atoms with E-state index in [-0.39, 0.29) is 11.8 Å². The lowest BCUT2D eigenvalue weighted by Crippen LogP contribution is -2.13. The molecule has 0 aliphatic carbocycles. The Bertz CT molecular complexity index is 969. The van der Waals surface area contributed by atoms with Crippen LogP contribution in [-0.4, -0.2) is 21.8 Å². The highest BCUT2D eigenvalue weighted by atomic mass is 16.2. The molecule has 7 heteroatoms. The van der Waals surface area contributed by atoms with Crippen molar-refractivity contribution in [2.75, 3.05) is 16.0 Å². The standard InChI is InChI=1S/C21H21N5O2/c1-14-4-3-5-16(10-14)11-22-21-23-12-17(13-24-21)20(28)26-19-8-6-18(7-9-19)25-15(2)27/h3-10,12-13H,11H2,1-2H3,(H,25,27)(H,26,28)(H,22,23,24). The molecular weight excluding hydrogens is 354 g/mol. The molecule has 0 aliphatic rings. The van der Waals surface area contributed by atoms with E-state index < -0.39 is 0 Å². The van der Waals surface area contributed by atoms with Crippen LogP contribution in [0.15, 0.2) is 60.9 Å². The fourth-order valence-electron chi connectivity index (χ4n) is 2.58. The quantitative estimate of drug-likeness (QED) is 0.612. The van der Waals surface area contributed by atoms with Crippen LogP contribution in [0.3, 0.4) is 0 Å². The van der Waals surface area contributed by atoms with Crippen molar-refractivity contribution < 1.29 is 9.59 Å². The predicted octanol–water partition coefficient (Wildman–Crippen LogP) is 3.61. The molecule has 2 amide bonds. The molecule has 142 valence electrons. The number of amides is 2. The normalized spacial score (nSPS) is 10.2. The number of benzene rings is 2. The van der Waals surface area contributed by atoms with Crippen LogP contribution in [0.4, 0.5) is 17.3 Å². The first-order valence-electron chi connectivity index (χ1n) is 8.80. The van der Waals surface area contributed by atoms with Crippen LogP contribution in [0.5, 0.6) is 0 Å². The number of aromatic nitrogens is 2. The van der Waals surface area contributed by atoms with Crippen LogP contribution >= 0.6 is 0 Å². The van der Waals surface area contributed by atoms with E-state index in [9.17, 15) is 9.59 Å². The molecule has 0 atom stereocenters. The summed E-state index contributed by atoms with van der Waals surface area (Å²) in [7, 11) is 0. The lowest BCUT2D eigenvalue weighted by atomic mass is 10.1. The van der Waals surface area contributed by atoms with Crippen LogP contribution in [0, 0.1) is 6.92 Å². The number of rotatable bonds is 6. The number of carbonyl (C=O) groups excluding carboxylic acids is 2. The van der Waals surface area contributed by atoms with Crippen molar-refractivity contribution in [3.05, 3.63) is 77.6 Å². The molecule has 3 N–H and O–H groups in total. The molecule has 0 saturated heterocycles. The summed E-state index contributed by atoms with van der Waals surface area (Å²) in [6, 6.07) is 15.0. The first-order valence-corrected chi connectivity index (χ1v) is 8.80. The van der Waals surface area contributed by atoms with E-state index in [4.69, 9.17) is 0 Å². The van der Waals surface area contributed by atoms with Crippen molar-refractivity contribution in [3.63, 3.8) is 0 Å². The lowest BCUT2D eigenvalue weighted by Gasteiger charge is -2.08. The van der Waals surface area contributed by atoms with E-state index in [0.717, 1.165) is 5.56 Å². The van der Waals surface area contributed by atoms with Crippen molar-refractivity contribution in [3.8, 4) is 0 Å². The maximum Gasteiger partial charge on any atom is 0.258 e. The number of aryl methyl sites for hydroxylation is 1. The van der Waals surface area contributed by atoms with Gasteiger partial charge in [0.15, 0.2) is 0 Å². The maximum atomic E-state index is 12.3. The Balaban J connectivity index is 1.56. The van der Waals surface area contributed by atoms with E-state index in [1.807, 2.05) is 25.1 Å². The Morgan fingerprint density at radius 2 is 1.57 bits per heavy atom. The molecule has 3 rings (SSSR count). The Morgan fingerprint density at radius 1 is 0.929 bits per heavy atom. The van der Waals surface area contributed by atoms with Gasteiger partial charge in [0.25, 0.3) is 5.91 Å². The minimum absolute atomic E-state index is 0.148. The van der Waals surface area contributed by atoms with Gasteiger partial charge < -0.3 is 16.0 Å². The Morgan fingerprint density at radius 3 is 2.18 bits per heavy atom. The highest BCUT2D eigenvalue weighted by molar-refractivity contribution is 6.04. The third kappa shape index (κ3) is 5.38. The molecule has 28 heavy (non-hydrogen) atoms. The largest absolute Gasteiger partial charge is 0.350 e. The number of carbonyl (C=O) groups is 2. The Kier molecular flexibility index (Phi) is 5.96. The molecule has 0 aliphatic heterocycles.